The van der Waals surface area contributed by atoms with Crippen LogP contribution in [0.3, 0.4) is 0 Å². The van der Waals surface area contributed by atoms with Gasteiger partial charge in [-0.1, -0.05) is 36.4 Å². The monoisotopic (exact) mass is 274 g/mol. The predicted octanol–water partition coefficient (Wildman–Crippen LogP) is 5.09. The Bertz CT molecular complexity index is 808. The molecule has 21 heavy (non-hydrogen) atoms. The van der Waals surface area contributed by atoms with Crippen LogP contribution in [0.15, 0.2) is 60.9 Å². The van der Waals surface area contributed by atoms with Crippen LogP contribution in [0.2, 0.25) is 0 Å². The summed E-state index contributed by atoms with van der Waals surface area (Å²) in [5.74, 6) is 0. The lowest BCUT2D eigenvalue weighted by Gasteiger charge is -2.08. The molecule has 0 aliphatic rings. The van der Waals surface area contributed by atoms with Crippen molar-refractivity contribution in [2.24, 2.45) is 0 Å². The second kappa shape index (κ2) is 5.80. The number of hydrogen-bond acceptors (Lipinski definition) is 1. The Morgan fingerprint density at radius 2 is 1.71 bits per heavy atom. The highest BCUT2D eigenvalue weighted by atomic mass is 15.0. The van der Waals surface area contributed by atoms with E-state index in [1.807, 2.05) is 32.3 Å². The number of pyridine rings is 1. The van der Waals surface area contributed by atoms with Crippen molar-refractivity contribution in [2.75, 3.05) is 0 Å². The normalized spacial score (nSPS) is 11.9. The highest BCUT2D eigenvalue weighted by Crippen LogP contribution is 2.31. The summed E-state index contributed by atoms with van der Waals surface area (Å²) in [6.45, 7) is 4.09. The Labute approximate surface area is 125 Å². The van der Waals surface area contributed by atoms with Gasteiger partial charge in [0.1, 0.15) is 0 Å². The molecule has 3 rings (SSSR count). The zero-order chi connectivity index (χ0) is 14.7. The van der Waals surface area contributed by atoms with Crippen molar-refractivity contribution in [3.05, 3.63) is 72.2 Å². The third kappa shape index (κ3) is 2.29. The summed E-state index contributed by atoms with van der Waals surface area (Å²) in [7, 11) is 0. The van der Waals surface area contributed by atoms with Gasteiger partial charge in [-0.2, -0.15) is 0 Å². The first-order chi connectivity index (χ1) is 10.4. The molecular formula is C19H18N2. The van der Waals surface area contributed by atoms with Crippen molar-refractivity contribution >= 4 is 23.1 Å². The van der Waals surface area contributed by atoms with E-state index in [1.54, 1.807) is 0 Å². The number of benzene rings is 1. The minimum absolute atomic E-state index is 1.16. The van der Waals surface area contributed by atoms with Crippen molar-refractivity contribution in [2.45, 2.75) is 13.8 Å². The van der Waals surface area contributed by atoms with Crippen LogP contribution in [0.25, 0.3) is 28.7 Å². The van der Waals surface area contributed by atoms with Gasteiger partial charge in [0.25, 0.3) is 0 Å². The van der Waals surface area contributed by atoms with Crippen molar-refractivity contribution < 1.29 is 0 Å². The summed E-state index contributed by atoms with van der Waals surface area (Å²) in [5.41, 5.74) is 4.74. The Hall–Kier alpha value is -2.61. The zero-order valence-corrected chi connectivity index (χ0v) is 12.3. The zero-order valence-electron chi connectivity index (χ0n) is 12.3. The highest BCUT2D eigenvalue weighted by Gasteiger charge is 2.14. The second-order valence-electron chi connectivity index (χ2n) is 4.86. The summed E-state index contributed by atoms with van der Waals surface area (Å²) >= 11 is 0. The molecule has 0 aliphatic heterocycles. The first kappa shape index (κ1) is 13.4. The van der Waals surface area contributed by atoms with E-state index in [4.69, 9.17) is 0 Å². The molecule has 0 amide bonds. The molecule has 2 heteroatoms. The molecule has 1 aromatic carbocycles. The van der Waals surface area contributed by atoms with Crippen molar-refractivity contribution in [1.29, 1.82) is 0 Å². The van der Waals surface area contributed by atoms with E-state index in [1.165, 1.54) is 22.2 Å². The molecule has 2 nitrogen and oxygen atoms in total. The molecule has 0 unspecified atom stereocenters. The van der Waals surface area contributed by atoms with Gasteiger partial charge in [0.15, 0.2) is 0 Å². The van der Waals surface area contributed by atoms with Gasteiger partial charge < -0.3 is 4.57 Å². The van der Waals surface area contributed by atoms with E-state index in [0.717, 1.165) is 5.69 Å². The third-order valence-electron chi connectivity index (χ3n) is 3.52. The molecule has 0 fully saturated rings. The fourth-order valence-electron chi connectivity index (χ4n) is 2.70. The Kier molecular flexibility index (Phi) is 3.69. The molecule has 0 aliphatic carbocycles. The lowest BCUT2D eigenvalue weighted by Crippen LogP contribution is -1.96. The Balaban J connectivity index is 2.44. The van der Waals surface area contributed by atoms with E-state index in [9.17, 15) is 0 Å². The quantitative estimate of drug-likeness (QED) is 0.650. The fourth-order valence-corrected chi connectivity index (χ4v) is 2.70. The van der Waals surface area contributed by atoms with Gasteiger partial charge in [-0.05, 0) is 38.1 Å². The summed E-state index contributed by atoms with van der Waals surface area (Å²) < 4.78 is 2.28. The average molecular weight is 274 g/mol. The molecule has 0 radical (unpaired) electrons. The van der Waals surface area contributed by atoms with Crippen molar-refractivity contribution in [3.8, 4) is 5.69 Å². The summed E-state index contributed by atoms with van der Waals surface area (Å²) in [4.78, 5) is 4.29. The first-order valence-corrected chi connectivity index (χ1v) is 7.16. The van der Waals surface area contributed by atoms with Gasteiger partial charge in [-0.3, -0.25) is 4.98 Å². The molecule has 0 atom stereocenters. The maximum atomic E-state index is 4.29. The minimum atomic E-state index is 1.16. The molecule has 0 spiro atoms. The van der Waals surface area contributed by atoms with Gasteiger partial charge in [0.2, 0.25) is 0 Å². The number of fused-ring (bicyclic) bond motifs is 1. The van der Waals surface area contributed by atoms with E-state index in [0.29, 0.717) is 0 Å². The van der Waals surface area contributed by atoms with Crippen LogP contribution in [0, 0.1) is 0 Å². The molecule has 2 aromatic heterocycles. The largest absolute Gasteiger partial charge is 0.309 e. The van der Waals surface area contributed by atoms with Gasteiger partial charge >= 0.3 is 0 Å². The smallest absolute Gasteiger partial charge is 0.0571 e. The molecule has 2 heterocycles. The van der Waals surface area contributed by atoms with Crippen LogP contribution in [0.4, 0.5) is 0 Å². The predicted molar refractivity (Wildman–Crippen MR) is 90.5 cm³/mol. The number of rotatable bonds is 3. The van der Waals surface area contributed by atoms with Gasteiger partial charge in [0.05, 0.1) is 11.2 Å². The molecule has 3 aromatic rings. The lowest BCUT2D eigenvalue weighted by molar-refractivity contribution is 1.10. The van der Waals surface area contributed by atoms with Crippen molar-refractivity contribution in [1.82, 2.24) is 9.55 Å². The molecule has 0 bridgehead atoms. The van der Waals surface area contributed by atoms with Crippen LogP contribution < -0.4 is 0 Å². The van der Waals surface area contributed by atoms with E-state index in [2.05, 4.69) is 64.2 Å². The first-order valence-electron chi connectivity index (χ1n) is 7.16. The molecular weight excluding hydrogens is 256 g/mol. The van der Waals surface area contributed by atoms with Gasteiger partial charge in [-0.15, -0.1) is 0 Å². The van der Waals surface area contributed by atoms with Crippen LogP contribution in [0.5, 0.6) is 0 Å². The maximum Gasteiger partial charge on any atom is 0.0571 e. The fraction of sp³-hybridized carbons (Fsp3) is 0.105. The lowest BCUT2D eigenvalue weighted by atomic mass is 10.1. The number of nitrogens with zero attached hydrogens (tertiary/aromatic N) is 2. The molecule has 104 valence electrons. The van der Waals surface area contributed by atoms with E-state index < -0.39 is 0 Å². The number of aromatic nitrogens is 2. The SMILES string of the molecule is C/C=C\c1c(/C=C\C)n(-c2ccccc2)c2ccncc12. The Morgan fingerprint density at radius 1 is 0.952 bits per heavy atom. The van der Waals surface area contributed by atoms with Gasteiger partial charge in [-0.25, -0.2) is 0 Å². The maximum absolute atomic E-state index is 4.29. The second-order valence-corrected chi connectivity index (χ2v) is 4.86. The van der Waals surface area contributed by atoms with E-state index >= 15 is 0 Å². The summed E-state index contributed by atoms with van der Waals surface area (Å²) in [6, 6.07) is 12.5. The number of para-hydroxylation sites is 1. The standard InChI is InChI=1S/C19H18N2/c1-3-8-16-17-14-20-13-12-19(17)21(18(16)9-4-2)15-10-6-5-7-11-15/h3-14H,1-2H3/b8-3-,9-4-. The number of allylic oxidation sites excluding steroid dienone is 2. The minimum Gasteiger partial charge on any atom is -0.309 e. The number of hydrogen-bond donors (Lipinski definition) is 0. The summed E-state index contributed by atoms with van der Waals surface area (Å²) in [6.07, 6.45) is 12.2. The third-order valence-corrected chi connectivity index (χ3v) is 3.52. The van der Waals surface area contributed by atoms with Crippen molar-refractivity contribution in [3.63, 3.8) is 0 Å². The average Bonchev–Trinajstić information content (AvgIpc) is 2.83. The van der Waals surface area contributed by atoms with Crippen LogP contribution in [0.1, 0.15) is 25.1 Å². The molecule has 0 saturated carbocycles. The topological polar surface area (TPSA) is 17.8 Å². The van der Waals surface area contributed by atoms with Crippen LogP contribution >= 0.6 is 0 Å². The van der Waals surface area contributed by atoms with Crippen LogP contribution in [-0.4, -0.2) is 9.55 Å². The van der Waals surface area contributed by atoms with Crippen LogP contribution in [-0.2, 0) is 0 Å². The van der Waals surface area contributed by atoms with E-state index in [-0.39, 0.29) is 0 Å². The molecule has 0 N–H and O–H groups in total. The molecule has 0 saturated heterocycles. The highest BCUT2D eigenvalue weighted by molar-refractivity contribution is 5.94. The van der Waals surface area contributed by atoms with Gasteiger partial charge in [0, 0.05) is 29.0 Å². The summed E-state index contributed by atoms with van der Waals surface area (Å²) in [5, 5.41) is 1.17. The Morgan fingerprint density at radius 3 is 2.43 bits per heavy atom.